The van der Waals surface area contributed by atoms with Gasteiger partial charge >= 0.3 is 0 Å². The second-order valence-electron chi connectivity index (χ2n) is 5.59. The zero-order chi connectivity index (χ0) is 15.1. The van der Waals surface area contributed by atoms with Crippen LogP contribution < -0.4 is 10.6 Å². The number of nitrogens with one attached hydrogen (secondary N) is 2. The van der Waals surface area contributed by atoms with E-state index in [9.17, 15) is 9.18 Å². The molecule has 0 saturated carbocycles. The molecule has 1 atom stereocenters. The van der Waals surface area contributed by atoms with Crippen LogP contribution in [0.25, 0.3) is 0 Å². The zero-order valence-electron chi connectivity index (χ0n) is 13.0. The largest absolute Gasteiger partial charge is 0.324 e. The lowest BCUT2D eigenvalue weighted by molar-refractivity contribution is -0.116. The van der Waals surface area contributed by atoms with Gasteiger partial charge in [-0.15, -0.1) is 12.4 Å². The summed E-state index contributed by atoms with van der Waals surface area (Å²) in [5, 5.41) is 6.02. The van der Waals surface area contributed by atoms with Crippen LogP contribution in [0.4, 0.5) is 10.1 Å². The van der Waals surface area contributed by atoms with E-state index in [-0.39, 0.29) is 24.0 Å². The van der Waals surface area contributed by atoms with Gasteiger partial charge in [-0.05, 0) is 51.5 Å². The summed E-state index contributed by atoms with van der Waals surface area (Å²) >= 11 is 0. The van der Waals surface area contributed by atoms with Crippen molar-refractivity contribution in [3.63, 3.8) is 0 Å². The molecule has 0 radical (unpaired) electrons. The molecule has 1 amide bonds. The first kappa shape index (κ1) is 18.9. The van der Waals surface area contributed by atoms with Crippen LogP contribution in [-0.4, -0.2) is 43.5 Å². The summed E-state index contributed by atoms with van der Waals surface area (Å²) in [6.45, 7) is 2.82. The van der Waals surface area contributed by atoms with Crippen LogP contribution in [-0.2, 0) is 4.79 Å². The minimum absolute atomic E-state index is 0. The highest BCUT2D eigenvalue weighted by Gasteiger charge is 2.17. The maximum absolute atomic E-state index is 13.5. The van der Waals surface area contributed by atoms with E-state index in [1.165, 1.54) is 18.9 Å². The first-order valence-corrected chi connectivity index (χ1v) is 7.62. The smallest absolute Gasteiger partial charge is 0.225 e. The van der Waals surface area contributed by atoms with Crippen molar-refractivity contribution in [3.8, 4) is 0 Å². The number of carbonyl (C=O) groups is 1. The van der Waals surface area contributed by atoms with Gasteiger partial charge in [0.1, 0.15) is 5.82 Å². The molecule has 1 heterocycles. The summed E-state index contributed by atoms with van der Waals surface area (Å²) in [7, 11) is 2.06. The highest BCUT2D eigenvalue weighted by atomic mass is 35.5. The number of nitrogens with zero attached hydrogens (tertiary/aromatic N) is 1. The van der Waals surface area contributed by atoms with E-state index in [2.05, 4.69) is 22.6 Å². The number of para-hydroxylation sites is 1. The molecule has 2 rings (SSSR count). The van der Waals surface area contributed by atoms with Gasteiger partial charge in [0.2, 0.25) is 5.91 Å². The highest BCUT2D eigenvalue weighted by Crippen LogP contribution is 2.14. The Balaban J connectivity index is 0.00000242. The minimum Gasteiger partial charge on any atom is -0.324 e. The number of amides is 1. The maximum atomic E-state index is 13.5. The molecule has 124 valence electrons. The van der Waals surface area contributed by atoms with Crippen LogP contribution in [0.1, 0.15) is 25.7 Å². The van der Waals surface area contributed by atoms with Gasteiger partial charge in [-0.1, -0.05) is 12.1 Å². The summed E-state index contributed by atoms with van der Waals surface area (Å²) < 4.78 is 13.5. The fraction of sp³-hybridized carbons (Fsp3) is 0.562. The van der Waals surface area contributed by atoms with Crippen molar-refractivity contribution in [1.29, 1.82) is 0 Å². The number of carbonyl (C=O) groups excluding carboxylic acids is 1. The van der Waals surface area contributed by atoms with Gasteiger partial charge in [-0.3, -0.25) is 4.79 Å². The SMILES string of the molecule is CN(CCC(=O)Nc1ccccc1F)C1CCCNCC1.Cl. The van der Waals surface area contributed by atoms with E-state index < -0.39 is 5.82 Å². The first-order valence-electron chi connectivity index (χ1n) is 7.62. The van der Waals surface area contributed by atoms with Gasteiger partial charge < -0.3 is 15.5 Å². The Morgan fingerprint density at radius 1 is 1.36 bits per heavy atom. The van der Waals surface area contributed by atoms with E-state index in [0.717, 1.165) is 19.5 Å². The standard InChI is InChI=1S/C16H24FN3O.ClH/c1-20(13-5-4-10-18-11-8-13)12-9-16(21)19-15-7-3-2-6-14(15)17;/h2-3,6-7,13,18H,4-5,8-12H2,1H3,(H,19,21);1H. The van der Waals surface area contributed by atoms with Crippen LogP contribution in [0, 0.1) is 5.82 Å². The fourth-order valence-electron chi connectivity index (χ4n) is 2.68. The molecule has 6 heteroatoms. The lowest BCUT2D eigenvalue weighted by atomic mass is 10.1. The number of halogens is 2. The summed E-state index contributed by atoms with van der Waals surface area (Å²) in [4.78, 5) is 14.1. The lowest BCUT2D eigenvalue weighted by Crippen LogP contribution is -2.34. The average Bonchev–Trinajstić information content (AvgIpc) is 2.76. The van der Waals surface area contributed by atoms with Gasteiger partial charge in [0.15, 0.2) is 0 Å². The molecule has 1 aromatic carbocycles. The van der Waals surface area contributed by atoms with Crippen molar-refractivity contribution < 1.29 is 9.18 Å². The predicted octanol–water partition coefficient (Wildman–Crippen LogP) is 2.65. The van der Waals surface area contributed by atoms with Gasteiger partial charge in [0.05, 0.1) is 5.69 Å². The minimum atomic E-state index is -0.394. The third kappa shape index (κ3) is 5.91. The molecule has 0 aromatic heterocycles. The summed E-state index contributed by atoms with van der Waals surface area (Å²) in [6, 6.07) is 6.78. The number of benzene rings is 1. The topological polar surface area (TPSA) is 44.4 Å². The summed E-state index contributed by atoms with van der Waals surface area (Å²) in [6.07, 6.45) is 3.84. The maximum Gasteiger partial charge on any atom is 0.225 e. The van der Waals surface area contributed by atoms with Gasteiger partial charge in [-0.2, -0.15) is 0 Å². The molecule has 1 fully saturated rings. The number of hydrogen-bond donors (Lipinski definition) is 2. The lowest BCUT2D eigenvalue weighted by Gasteiger charge is -2.26. The van der Waals surface area contributed by atoms with Crippen LogP contribution in [0.15, 0.2) is 24.3 Å². The molecule has 0 bridgehead atoms. The Bertz CT molecular complexity index is 464. The average molecular weight is 330 g/mol. The van der Waals surface area contributed by atoms with Gasteiger partial charge in [-0.25, -0.2) is 4.39 Å². The number of hydrogen-bond acceptors (Lipinski definition) is 3. The second kappa shape index (κ2) is 9.77. The van der Waals surface area contributed by atoms with Crippen molar-refractivity contribution in [2.24, 2.45) is 0 Å². The van der Waals surface area contributed by atoms with Gasteiger partial charge in [0, 0.05) is 19.0 Å². The Hall–Kier alpha value is -1.17. The first-order chi connectivity index (χ1) is 10.2. The monoisotopic (exact) mass is 329 g/mol. The van der Waals surface area contributed by atoms with Crippen molar-refractivity contribution in [2.45, 2.75) is 31.7 Å². The molecule has 0 aliphatic carbocycles. The molecule has 1 aliphatic rings. The molecule has 1 aliphatic heterocycles. The predicted molar refractivity (Wildman–Crippen MR) is 90.0 cm³/mol. The Morgan fingerprint density at radius 3 is 2.91 bits per heavy atom. The third-order valence-electron chi connectivity index (χ3n) is 4.01. The number of anilines is 1. The van der Waals surface area contributed by atoms with E-state index in [1.54, 1.807) is 18.2 Å². The van der Waals surface area contributed by atoms with Crippen LogP contribution in [0.3, 0.4) is 0 Å². The molecule has 22 heavy (non-hydrogen) atoms. The molecule has 2 N–H and O–H groups in total. The molecule has 4 nitrogen and oxygen atoms in total. The number of rotatable bonds is 5. The van der Waals surface area contributed by atoms with Crippen LogP contribution in [0.2, 0.25) is 0 Å². The highest BCUT2D eigenvalue weighted by molar-refractivity contribution is 5.90. The fourth-order valence-corrected chi connectivity index (χ4v) is 2.68. The van der Waals surface area contributed by atoms with Gasteiger partial charge in [0.25, 0.3) is 0 Å². The van der Waals surface area contributed by atoms with E-state index in [4.69, 9.17) is 0 Å². The van der Waals surface area contributed by atoms with Crippen LogP contribution >= 0.6 is 12.4 Å². The summed E-state index contributed by atoms with van der Waals surface area (Å²) in [5.74, 6) is -0.534. The molecule has 1 saturated heterocycles. The molecule has 1 aromatic rings. The molecule has 0 spiro atoms. The molecule has 1 unspecified atom stereocenters. The van der Waals surface area contributed by atoms with E-state index in [0.29, 0.717) is 19.0 Å². The molecular formula is C16H25ClFN3O. The van der Waals surface area contributed by atoms with E-state index >= 15 is 0 Å². The van der Waals surface area contributed by atoms with Crippen LogP contribution in [0.5, 0.6) is 0 Å². The zero-order valence-corrected chi connectivity index (χ0v) is 13.8. The van der Waals surface area contributed by atoms with Crippen molar-refractivity contribution >= 4 is 24.0 Å². The van der Waals surface area contributed by atoms with Crippen molar-refractivity contribution in [2.75, 3.05) is 32.0 Å². The Labute approximate surface area is 137 Å². The second-order valence-corrected chi connectivity index (χ2v) is 5.59. The van der Waals surface area contributed by atoms with Crippen molar-refractivity contribution in [1.82, 2.24) is 10.2 Å². The van der Waals surface area contributed by atoms with Crippen molar-refractivity contribution in [3.05, 3.63) is 30.1 Å². The normalized spacial score (nSPS) is 18.4. The quantitative estimate of drug-likeness (QED) is 0.873. The van der Waals surface area contributed by atoms with E-state index in [1.807, 2.05) is 0 Å². The summed E-state index contributed by atoms with van der Waals surface area (Å²) in [5.41, 5.74) is 0.254. The Kier molecular flexibility index (Phi) is 8.38. The third-order valence-corrected chi connectivity index (χ3v) is 4.01. The Morgan fingerprint density at radius 2 is 2.14 bits per heavy atom. The molecular weight excluding hydrogens is 305 g/mol.